The van der Waals surface area contributed by atoms with Crippen molar-refractivity contribution in [1.29, 1.82) is 0 Å². The summed E-state index contributed by atoms with van der Waals surface area (Å²) >= 11 is 0. The quantitative estimate of drug-likeness (QED) is 0.830. The van der Waals surface area contributed by atoms with Crippen LogP contribution >= 0.6 is 0 Å². The second-order valence-corrected chi connectivity index (χ2v) is 6.70. The summed E-state index contributed by atoms with van der Waals surface area (Å²) in [6.07, 6.45) is 8.17. The molecule has 1 aliphatic rings. The number of pyridine rings is 1. The molecule has 1 aromatic carbocycles. The molecule has 0 saturated carbocycles. The minimum absolute atomic E-state index is 0.210. The van der Waals surface area contributed by atoms with Crippen LogP contribution in [0, 0.1) is 0 Å². The summed E-state index contributed by atoms with van der Waals surface area (Å²) in [5.74, 6) is 1.01. The summed E-state index contributed by atoms with van der Waals surface area (Å²) in [5, 5.41) is 2.91. The van der Waals surface area contributed by atoms with Gasteiger partial charge in [-0.05, 0) is 43.9 Å². The molecule has 1 atom stereocenters. The van der Waals surface area contributed by atoms with Gasteiger partial charge in [-0.25, -0.2) is 0 Å². The maximum Gasteiger partial charge on any atom is 0.257 e. The van der Waals surface area contributed by atoms with E-state index in [9.17, 15) is 4.79 Å². The zero-order chi connectivity index (χ0) is 19.2. The highest BCUT2D eigenvalue weighted by molar-refractivity contribution is 6.05. The Morgan fingerprint density at radius 2 is 2.07 bits per heavy atom. The first-order chi connectivity index (χ1) is 13.2. The van der Waals surface area contributed by atoms with Crippen molar-refractivity contribution in [3.8, 4) is 11.5 Å². The number of ether oxygens (including phenoxy) is 2. The van der Waals surface area contributed by atoms with Gasteiger partial charge in [0.2, 0.25) is 0 Å². The number of anilines is 2. The van der Waals surface area contributed by atoms with Crippen LogP contribution in [-0.2, 0) is 0 Å². The van der Waals surface area contributed by atoms with E-state index >= 15 is 0 Å². The molecular formula is C21H27N3O3. The van der Waals surface area contributed by atoms with Crippen LogP contribution in [0.15, 0.2) is 36.7 Å². The molecule has 27 heavy (non-hydrogen) atoms. The van der Waals surface area contributed by atoms with Crippen LogP contribution in [0.5, 0.6) is 11.5 Å². The minimum atomic E-state index is -0.210. The Labute approximate surface area is 160 Å². The second kappa shape index (κ2) is 8.75. The summed E-state index contributed by atoms with van der Waals surface area (Å²) in [6, 6.07) is 7.73. The molecule has 144 valence electrons. The smallest absolute Gasteiger partial charge is 0.257 e. The van der Waals surface area contributed by atoms with Crippen LogP contribution in [0.2, 0.25) is 0 Å². The van der Waals surface area contributed by atoms with Crippen molar-refractivity contribution in [2.45, 2.75) is 38.6 Å². The third-order valence-corrected chi connectivity index (χ3v) is 5.07. The third-order valence-electron chi connectivity index (χ3n) is 5.07. The molecule has 3 rings (SSSR count). The van der Waals surface area contributed by atoms with E-state index in [2.05, 4.69) is 22.1 Å². The molecule has 1 aliphatic heterocycles. The van der Waals surface area contributed by atoms with Crippen molar-refractivity contribution in [1.82, 2.24) is 4.98 Å². The average Bonchev–Trinajstić information content (AvgIpc) is 2.74. The van der Waals surface area contributed by atoms with Gasteiger partial charge in [0.05, 0.1) is 37.4 Å². The molecule has 1 aromatic heterocycles. The highest BCUT2D eigenvalue weighted by Gasteiger charge is 2.22. The average molecular weight is 369 g/mol. The number of methoxy groups -OCH3 is 2. The molecule has 2 heterocycles. The van der Waals surface area contributed by atoms with Crippen molar-refractivity contribution in [2.75, 3.05) is 31.0 Å². The first-order valence-corrected chi connectivity index (χ1v) is 9.41. The van der Waals surface area contributed by atoms with Gasteiger partial charge in [-0.15, -0.1) is 0 Å². The molecule has 1 N–H and O–H groups in total. The molecule has 6 heteroatoms. The summed E-state index contributed by atoms with van der Waals surface area (Å²) in [7, 11) is 3.15. The number of nitrogens with one attached hydrogen (secondary N) is 1. The number of hydrogen-bond acceptors (Lipinski definition) is 5. The van der Waals surface area contributed by atoms with Gasteiger partial charge in [-0.2, -0.15) is 0 Å². The first-order valence-electron chi connectivity index (χ1n) is 9.41. The van der Waals surface area contributed by atoms with Crippen molar-refractivity contribution in [3.05, 3.63) is 42.2 Å². The van der Waals surface area contributed by atoms with Gasteiger partial charge < -0.3 is 19.7 Å². The van der Waals surface area contributed by atoms with Gasteiger partial charge in [0.25, 0.3) is 5.91 Å². The van der Waals surface area contributed by atoms with Crippen LogP contribution in [0.4, 0.5) is 11.4 Å². The Kier molecular flexibility index (Phi) is 6.16. The normalized spacial score (nSPS) is 16.7. The van der Waals surface area contributed by atoms with E-state index in [-0.39, 0.29) is 5.91 Å². The van der Waals surface area contributed by atoms with Crippen molar-refractivity contribution >= 4 is 17.3 Å². The van der Waals surface area contributed by atoms with Crippen LogP contribution in [0.25, 0.3) is 0 Å². The molecule has 1 fully saturated rings. The van der Waals surface area contributed by atoms with Crippen molar-refractivity contribution < 1.29 is 14.3 Å². The Hall–Kier alpha value is -2.76. The van der Waals surface area contributed by atoms with Gasteiger partial charge in [0, 0.05) is 24.8 Å². The standard InChI is InChI=1S/C21H27N3O3/c1-4-16-7-5-6-10-24(16)17-11-15(13-22-14-17)21(25)23-19-9-8-18(26-2)12-20(19)27-3/h8-9,11-14,16H,4-7,10H2,1-3H3,(H,23,25). The lowest BCUT2D eigenvalue weighted by Crippen LogP contribution is -2.39. The summed E-state index contributed by atoms with van der Waals surface area (Å²) in [5.41, 5.74) is 2.14. The van der Waals surface area contributed by atoms with E-state index in [1.54, 1.807) is 38.6 Å². The highest BCUT2D eigenvalue weighted by Crippen LogP contribution is 2.30. The Balaban J connectivity index is 1.80. The molecule has 0 aliphatic carbocycles. The number of nitrogens with zero attached hydrogens (tertiary/aromatic N) is 2. The van der Waals surface area contributed by atoms with Crippen LogP contribution in [0.3, 0.4) is 0 Å². The van der Waals surface area contributed by atoms with Crippen molar-refractivity contribution in [2.24, 2.45) is 0 Å². The first kappa shape index (κ1) is 19.0. The van der Waals surface area contributed by atoms with E-state index < -0.39 is 0 Å². The van der Waals surface area contributed by atoms with E-state index in [0.717, 1.165) is 18.7 Å². The largest absolute Gasteiger partial charge is 0.497 e. The number of amides is 1. The number of carbonyl (C=O) groups is 1. The Morgan fingerprint density at radius 1 is 1.22 bits per heavy atom. The topological polar surface area (TPSA) is 63.7 Å². The fraction of sp³-hybridized carbons (Fsp3) is 0.429. The van der Waals surface area contributed by atoms with Crippen molar-refractivity contribution in [3.63, 3.8) is 0 Å². The lowest BCUT2D eigenvalue weighted by molar-refractivity contribution is 0.102. The SMILES string of the molecule is CCC1CCCCN1c1cncc(C(=O)Nc2ccc(OC)cc2OC)c1. The van der Waals surface area contributed by atoms with E-state index in [1.807, 2.05) is 12.3 Å². The van der Waals surface area contributed by atoms with E-state index in [1.165, 1.54) is 19.3 Å². The molecule has 6 nitrogen and oxygen atoms in total. The number of benzene rings is 1. The molecule has 1 unspecified atom stereocenters. The number of carbonyl (C=O) groups excluding carboxylic acids is 1. The monoisotopic (exact) mass is 369 g/mol. The third kappa shape index (κ3) is 4.32. The molecule has 0 radical (unpaired) electrons. The van der Waals surface area contributed by atoms with Crippen LogP contribution < -0.4 is 19.7 Å². The lowest BCUT2D eigenvalue weighted by Gasteiger charge is -2.37. The molecule has 2 aromatic rings. The summed E-state index contributed by atoms with van der Waals surface area (Å²) in [4.78, 5) is 19.5. The van der Waals surface area contributed by atoms with Gasteiger partial charge in [-0.3, -0.25) is 9.78 Å². The maximum absolute atomic E-state index is 12.8. The maximum atomic E-state index is 12.8. The van der Waals surface area contributed by atoms with E-state index in [4.69, 9.17) is 9.47 Å². The van der Waals surface area contributed by atoms with Gasteiger partial charge in [0.1, 0.15) is 11.5 Å². The zero-order valence-electron chi connectivity index (χ0n) is 16.2. The number of piperidine rings is 1. The number of rotatable bonds is 6. The highest BCUT2D eigenvalue weighted by atomic mass is 16.5. The van der Waals surface area contributed by atoms with Crippen LogP contribution in [-0.4, -0.2) is 37.7 Å². The predicted molar refractivity (Wildman–Crippen MR) is 107 cm³/mol. The second-order valence-electron chi connectivity index (χ2n) is 6.70. The molecule has 0 bridgehead atoms. The Morgan fingerprint density at radius 3 is 2.81 bits per heavy atom. The fourth-order valence-corrected chi connectivity index (χ4v) is 3.57. The predicted octanol–water partition coefficient (Wildman–Crippen LogP) is 4.12. The summed E-state index contributed by atoms with van der Waals surface area (Å²) < 4.78 is 10.6. The van der Waals surface area contributed by atoms with Gasteiger partial charge in [-0.1, -0.05) is 6.92 Å². The minimum Gasteiger partial charge on any atom is -0.497 e. The molecule has 1 amide bonds. The molecular weight excluding hydrogens is 342 g/mol. The molecule has 0 spiro atoms. The van der Waals surface area contributed by atoms with Gasteiger partial charge in [0.15, 0.2) is 0 Å². The lowest BCUT2D eigenvalue weighted by atomic mass is 9.99. The Bertz CT molecular complexity index is 794. The zero-order valence-corrected chi connectivity index (χ0v) is 16.2. The van der Waals surface area contributed by atoms with Crippen LogP contribution in [0.1, 0.15) is 43.0 Å². The van der Waals surface area contributed by atoms with E-state index in [0.29, 0.717) is 28.8 Å². The fourth-order valence-electron chi connectivity index (χ4n) is 3.57. The van der Waals surface area contributed by atoms with Gasteiger partial charge >= 0.3 is 0 Å². The molecule has 1 saturated heterocycles. The number of aromatic nitrogens is 1. The summed E-state index contributed by atoms with van der Waals surface area (Å²) in [6.45, 7) is 3.22. The number of hydrogen-bond donors (Lipinski definition) is 1.